The van der Waals surface area contributed by atoms with E-state index in [1.54, 1.807) is 0 Å². The van der Waals surface area contributed by atoms with Crippen LogP contribution in [-0.4, -0.2) is 24.6 Å². The molecule has 0 amide bonds. The van der Waals surface area contributed by atoms with Gasteiger partial charge in [0.1, 0.15) is 6.61 Å². The summed E-state index contributed by atoms with van der Waals surface area (Å²) in [6, 6.07) is 8.72. The molecule has 2 atom stereocenters. The van der Waals surface area contributed by atoms with E-state index in [0.717, 1.165) is 18.7 Å². The number of benzene rings is 1. The van der Waals surface area contributed by atoms with E-state index in [0.29, 0.717) is 25.0 Å². The smallest absolute Gasteiger partial charge is 0.184 e. The maximum Gasteiger partial charge on any atom is 0.184 e. The zero-order valence-electron chi connectivity index (χ0n) is 12.4. The van der Waals surface area contributed by atoms with Gasteiger partial charge in [0.05, 0.1) is 5.54 Å². The quantitative estimate of drug-likeness (QED) is 0.919. The molecular weight excluding hydrogens is 248 g/mol. The molecular formula is C17H24N2O. The molecule has 0 spiro atoms. The summed E-state index contributed by atoms with van der Waals surface area (Å²) in [6.45, 7) is 5.66. The van der Waals surface area contributed by atoms with E-state index in [2.05, 4.69) is 38.1 Å². The molecule has 0 radical (unpaired) electrons. The van der Waals surface area contributed by atoms with Crippen molar-refractivity contribution in [2.24, 2.45) is 16.6 Å². The summed E-state index contributed by atoms with van der Waals surface area (Å²) in [5.74, 6) is 1.93. The second-order valence-electron chi connectivity index (χ2n) is 6.65. The molecule has 1 aliphatic carbocycles. The first-order chi connectivity index (χ1) is 9.59. The molecule has 0 saturated heterocycles. The minimum absolute atomic E-state index is 0.0554. The summed E-state index contributed by atoms with van der Waals surface area (Å²) in [6.07, 6.45) is 3.26. The molecule has 1 aromatic rings. The molecule has 0 unspecified atom stereocenters. The Balaban J connectivity index is 1.78. The first-order valence-electron chi connectivity index (χ1n) is 7.58. The fourth-order valence-electron chi connectivity index (χ4n) is 3.47. The van der Waals surface area contributed by atoms with Gasteiger partial charge in [-0.3, -0.25) is 0 Å². The average molecular weight is 272 g/mol. The number of aliphatic imine (C=N–C) groups is 1. The zero-order chi connectivity index (χ0) is 14.2. The normalized spacial score (nSPS) is 27.6. The van der Waals surface area contributed by atoms with E-state index in [1.807, 2.05) is 0 Å². The molecule has 3 heteroatoms. The number of hydrogen-bond donors (Lipinski definition) is 1. The summed E-state index contributed by atoms with van der Waals surface area (Å²) in [5.41, 5.74) is 8.90. The molecule has 0 bridgehead atoms. The van der Waals surface area contributed by atoms with Gasteiger partial charge in [-0.15, -0.1) is 0 Å². The summed E-state index contributed by atoms with van der Waals surface area (Å²) in [7, 11) is 0. The predicted octanol–water partition coefficient (Wildman–Crippen LogP) is 2.89. The molecule has 0 aromatic heterocycles. The Morgan fingerprint density at radius 1 is 1.35 bits per heavy atom. The highest BCUT2D eigenvalue weighted by Crippen LogP contribution is 2.38. The Labute approximate surface area is 121 Å². The van der Waals surface area contributed by atoms with Crippen LogP contribution in [0.3, 0.4) is 0 Å². The third-order valence-corrected chi connectivity index (χ3v) is 4.52. The molecule has 2 aliphatic rings. The lowest BCUT2D eigenvalue weighted by atomic mass is 9.73. The van der Waals surface area contributed by atoms with Gasteiger partial charge in [-0.1, -0.05) is 24.3 Å². The Morgan fingerprint density at radius 2 is 2.15 bits per heavy atom. The molecule has 3 rings (SSSR count). The second kappa shape index (κ2) is 5.21. The number of fused-ring (bicyclic) bond motifs is 1. The van der Waals surface area contributed by atoms with Crippen LogP contribution in [0, 0.1) is 5.92 Å². The van der Waals surface area contributed by atoms with Crippen molar-refractivity contribution in [2.75, 3.05) is 13.2 Å². The van der Waals surface area contributed by atoms with Crippen LogP contribution >= 0.6 is 0 Å². The van der Waals surface area contributed by atoms with Gasteiger partial charge in [0.2, 0.25) is 0 Å². The van der Waals surface area contributed by atoms with Crippen LogP contribution in [0.25, 0.3) is 0 Å². The molecule has 2 N–H and O–H groups in total. The zero-order valence-corrected chi connectivity index (χ0v) is 12.4. The van der Waals surface area contributed by atoms with E-state index in [-0.39, 0.29) is 5.54 Å². The van der Waals surface area contributed by atoms with Gasteiger partial charge >= 0.3 is 0 Å². The molecule has 108 valence electrons. The summed E-state index contributed by atoms with van der Waals surface area (Å²) >= 11 is 0. The molecule has 1 heterocycles. The van der Waals surface area contributed by atoms with Crippen LogP contribution < -0.4 is 5.73 Å². The highest BCUT2D eigenvalue weighted by atomic mass is 16.5. The predicted molar refractivity (Wildman–Crippen MR) is 82.1 cm³/mol. The number of rotatable bonds is 3. The number of nitrogens with two attached hydrogens (primary N) is 1. The lowest BCUT2D eigenvalue weighted by Gasteiger charge is -2.32. The highest BCUT2D eigenvalue weighted by Gasteiger charge is 2.33. The number of nitrogens with zero attached hydrogens (tertiary/aromatic N) is 1. The first kappa shape index (κ1) is 13.6. The minimum atomic E-state index is -0.0554. The average Bonchev–Trinajstić information content (AvgIpc) is 2.78. The van der Waals surface area contributed by atoms with Crippen molar-refractivity contribution in [2.45, 2.75) is 44.6 Å². The van der Waals surface area contributed by atoms with Gasteiger partial charge in [-0.05, 0) is 56.2 Å². The Hall–Kier alpha value is -1.35. The molecule has 0 saturated carbocycles. The van der Waals surface area contributed by atoms with Gasteiger partial charge in [-0.2, -0.15) is 0 Å². The summed E-state index contributed by atoms with van der Waals surface area (Å²) < 4.78 is 5.76. The van der Waals surface area contributed by atoms with Crippen molar-refractivity contribution < 1.29 is 4.74 Å². The van der Waals surface area contributed by atoms with Crippen LogP contribution in [-0.2, 0) is 11.2 Å². The monoisotopic (exact) mass is 272 g/mol. The van der Waals surface area contributed by atoms with Crippen LogP contribution in [0.5, 0.6) is 0 Å². The largest absolute Gasteiger partial charge is 0.478 e. The Morgan fingerprint density at radius 3 is 2.85 bits per heavy atom. The summed E-state index contributed by atoms with van der Waals surface area (Å²) in [5, 5.41) is 0. The van der Waals surface area contributed by atoms with E-state index in [4.69, 9.17) is 15.5 Å². The SMILES string of the molecule is CC1(C)COC(C[C@@H]2CCc3ccccc3[C@@H]2CN)=N1. The van der Waals surface area contributed by atoms with Gasteiger partial charge < -0.3 is 10.5 Å². The van der Waals surface area contributed by atoms with Crippen molar-refractivity contribution in [1.82, 2.24) is 0 Å². The van der Waals surface area contributed by atoms with E-state index in [9.17, 15) is 0 Å². The second-order valence-corrected chi connectivity index (χ2v) is 6.65. The van der Waals surface area contributed by atoms with E-state index >= 15 is 0 Å². The fraction of sp³-hybridized carbons (Fsp3) is 0.588. The minimum Gasteiger partial charge on any atom is -0.478 e. The number of aryl methyl sites for hydroxylation is 1. The summed E-state index contributed by atoms with van der Waals surface area (Å²) in [4.78, 5) is 4.69. The van der Waals surface area contributed by atoms with Crippen LogP contribution in [0.4, 0.5) is 0 Å². The standard InChI is InChI=1S/C17H24N2O/c1-17(2)11-20-16(19-17)9-13-8-7-12-5-3-4-6-14(12)15(13)10-18/h3-6,13,15H,7-11,18H2,1-2H3/t13-,15+/m0/s1. The lowest BCUT2D eigenvalue weighted by molar-refractivity contribution is 0.263. The Bertz CT molecular complexity index is 521. The third kappa shape index (κ3) is 2.59. The van der Waals surface area contributed by atoms with Gasteiger partial charge in [0.25, 0.3) is 0 Å². The van der Waals surface area contributed by atoms with Crippen LogP contribution in [0.1, 0.15) is 43.7 Å². The lowest BCUT2D eigenvalue weighted by Crippen LogP contribution is -2.28. The van der Waals surface area contributed by atoms with Crippen molar-refractivity contribution in [1.29, 1.82) is 0 Å². The van der Waals surface area contributed by atoms with E-state index < -0.39 is 0 Å². The Kier molecular flexibility index (Phi) is 3.55. The fourth-order valence-corrected chi connectivity index (χ4v) is 3.47. The first-order valence-corrected chi connectivity index (χ1v) is 7.58. The van der Waals surface area contributed by atoms with Crippen molar-refractivity contribution in [3.63, 3.8) is 0 Å². The molecule has 3 nitrogen and oxygen atoms in total. The van der Waals surface area contributed by atoms with Crippen molar-refractivity contribution in [3.8, 4) is 0 Å². The topological polar surface area (TPSA) is 47.6 Å². The molecule has 1 aliphatic heterocycles. The van der Waals surface area contributed by atoms with Gasteiger partial charge in [-0.25, -0.2) is 4.99 Å². The molecule has 1 aromatic carbocycles. The van der Waals surface area contributed by atoms with Crippen molar-refractivity contribution in [3.05, 3.63) is 35.4 Å². The van der Waals surface area contributed by atoms with Crippen LogP contribution in [0.15, 0.2) is 29.3 Å². The molecule has 20 heavy (non-hydrogen) atoms. The van der Waals surface area contributed by atoms with E-state index in [1.165, 1.54) is 17.5 Å². The number of hydrogen-bond acceptors (Lipinski definition) is 3. The maximum atomic E-state index is 6.06. The number of ether oxygens (including phenoxy) is 1. The van der Waals surface area contributed by atoms with Gasteiger partial charge in [0.15, 0.2) is 5.90 Å². The highest BCUT2D eigenvalue weighted by molar-refractivity contribution is 5.78. The molecule has 0 fully saturated rings. The van der Waals surface area contributed by atoms with Gasteiger partial charge in [0, 0.05) is 6.42 Å². The third-order valence-electron chi connectivity index (χ3n) is 4.52. The maximum absolute atomic E-state index is 6.06. The van der Waals surface area contributed by atoms with Crippen LogP contribution in [0.2, 0.25) is 0 Å². The van der Waals surface area contributed by atoms with Crippen molar-refractivity contribution >= 4 is 5.90 Å².